The van der Waals surface area contributed by atoms with Crippen LogP contribution in [-0.4, -0.2) is 36.4 Å². The second kappa shape index (κ2) is 9.90. The lowest BCUT2D eigenvalue weighted by Gasteiger charge is -2.13. The van der Waals surface area contributed by atoms with Gasteiger partial charge < -0.3 is 14.4 Å². The molecule has 0 radical (unpaired) electrons. The van der Waals surface area contributed by atoms with E-state index in [4.69, 9.17) is 9.47 Å². The Hall–Kier alpha value is -3.86. The van der Waals surface area contributed by atoms with Crippen molar-refractivity contribution in [2.75, 3.05) is 20.7 Å². The van der Waals surface area contributed by atoms with E-state index in [-0.39, 0.29) is 17.9 Å². The number of carbonyl (C=O) groups is 1. The highest BCUT2D eigenvalue weighted by Gasteiger charge is 2.13. The summed E-state index contributed by atoms with van der Waals surface area (Å²) in [6.07, 6.45) is 1.48. The number of nitro groups is 1. The van der Waals surface area contributed by atoms with Crippen LogP contribution in [0.3, 0.4) is 0 Å². The third kappa shape index (κ3) is 5.81. The molecule has 0 aliphatic rings. The van der Waals surface area contributed by atoms with Gasteiger partial charge in [0.05, 0.1) is 11.5 Å². The van der Waals surface area contributed by atoms with Gasteiger partial charge in [-0.1, -0.05) is 18.2 Å². The summed E-state index contributed by atoms with van der Waals surface area (Å²) in [4.78, 5) is 23.8. The summed E-state index contributed by atoms with van der Waals surface area (Å²) in [5.41, 5.74) is 1.26. The van der Waals surface area contributed by atoms with Crippen LogP contribution in [0, 0.1) is 21.4 Å². The maximum absolute atomic E-state index is 12.0. The number of likely N-dealkylation sites (N-methyl/N-ethyl adjacent to an activating group) is 1. The van der Waals surface area contributed by atoms with Crippen molar-refractivity contribution < 1.29 is 19.2 Å². The molecule has 0 N–H and O–H groups in total. The van der Waals surface area contributed by atoms with Crippen LogP contribution >= 0.6 is 0 Å². The molecule has 2 aromatic carbocycles. The van der Waals surface area contributed by atoms with Gasteiger partial charge in [-0.25, -0.2) is 0 Å². The molecule has 8 heteroatoms. The Bertz CT molecular complexity index is 977. The topological polar surface area (TPSA) is 106 Å². The Balaban J connectivity index is 2.25. The van der Waals surface area contributed by atoms with Gasteiger partial charge in [-0.15, -0.1) is 0 Å². The van der Waals surface area contributed by atoms with Crippen LogP contribution in [0.4, 0.5) is 5.69 Å². The third-order valence-corrected chi connectivity index (χ3v) is 3.85. The van der Waals surface area contributed by atoms with Crippen molar-refractivity contribution in [2.24, 2.45) is 0 Å². The monoisotopic (exact) mass is 395 g/mol. The predicted octanol–water partition coefficient (Wildman–Crippen LogP) is 3.57. The average molecular weight is 395 g/mol. The highest BCUT2D eigenvalue weighted by Crippen LogP contribution is 2.30. The molecule has 0 atom stereocenters. The van der Waals surface area contributed by atoms with E-state index in [1.54, 1.807) is 44.4 Å². The largest absolute Gasteiger partial charge is 0.490 e. The molecule has 29 heavy (non-hydrogen) atoms. The molecule has 0 fully saturated rings. The maximum Gasteiger partial charge on any atom is 0.269 e. The molecule has 2 rings (SSSR count). The first kappa shape index (κ1) is 21.4. The zero-order valence-corrected chi connectivity index (χ0v) is 16.4. The van der Waals surface area contributed by atoms with Crippen molar-refractivity contribution in [2.45, 2.75) is 13.5 Å². The highest BCUT2D eigenvalue weighted by molar-refractivity contribution is 6.01. The standard InChI is InChI=1S/C21H21N3O5/c1-4-28-20-12-15(10-17(13-22)21(25)23(2)3)8-9-19(20)29-14-16-6-5-7-18(11-16)24(26)27/h5-12H,4,14H2,1-3H3/b17-10-. The van der Waals surface area contributed by atoms with Gasteiger partial charge in [0.1, 0.15) is 18.2 Å². The summed E-state index contributed by atoms with van der Waals surface area (Å²) in [5, 5.41) is 20.1. The highest BCUT2D eigenvalue weighted by atomic mass is 16.6. The van der Waals surface area contributed by atoms with Gasteiger partial charge in [0, 0.05) is 26.2 Å². The molecule has 2 aromatic rings. The molecule has 0 aromatic heterocycles. The Morgan fingerprint density at radius 1 is 1.21 bits per heavy atom. The average Bonchev–Trinajstić information content (AvgIpc) is 2.71. The van der Waals surface area contributed by atoms with Gasteiger partial charge in [-0.2, -0.15) is 5.26 Å². The van der Waals surface area contributed by atoms with Crippen LogP contribution < -0.4 is 9.47 Å². The molecule has 0 saturated carbocycles. The van der Waals surface area contributed by atoms with Gasteiger partial charge in [-0.05, 0) is 36.3 Å². The number of nitriles is 1. The minimum atomic E-state index is -0.460. The molecule has 0 saturated heterocycles. The summed E-state index contributed by atoms with van der Waals surface area (Å²) in [6.45, 7) is 2.34. The summed E-state index contributed by atoms with van der Waals surface area (Å²) < 4.78 is 11.4. The zero-order valence-electron chi connectivity index (χ0n) is 16.4. The van der Waals surface area contributed by atoms with Crippen LogP contribution in [0.2, 0.25) is 0 Å². The van der Waals surface area contributed by atoms with E-state index >= 15 is 0 Å². The molecule has 0 aliphatic carbocycles. The van der Waals surface area contributed by atoms with Gasteiger partial charge in [0.25, 0.3) is 11.6 Å². The smallest absolute Gasteiger partial charge is 0.269 e. The number of nitrogens with zero attached hydrogens (tertiary/aromatic N) is 3. The van der Waals surface area contributed by atoms with Crippen molar-refractivity contribution in [1.29, 1.82) is 5.26 Å². The lowest BCUT2D eigenvalue weighted by Crippen LogP contribution is -2.22. The molecular weight excluding hydrogens is 374 g/mol. The number of hydrogen-bond donors (Lipinski definition) is 0. The summed E-state index contributed by atoms with van der Waals surface area (Å²) in [6, 6.07) is 13.1. The van der Waals surface area contributed by atoms with Crippen molar-refractivity contribution in [3.05, 3.63) is 69.3 Å². The minimum Gasteiger partial charge on any atom is -0.490 e. The fraction of sp³-hybridized carbons (Fsp3) is 0.238. The van der Waals surface area contributed by atoms with Gasteiger partial charge >= 0.3 is 0 Å². The van der Waals surface area contributed by atoms with Gasteiger partial charge in [0.15, 0.2) is 11.5 Å². The molecule has 0 bridgehead atoms. The summed E-state index contributed by atoms with van der Waals surface area (Å²) in [5.74, 6) is 0.505. The summed E-state index contributed by atoms with van der Waals surface area (Å²) >= 11 is 0. The Morgan fingerprint density at radius 2 is 1.97 bits per heavy atom. The van der Waals surface area contributed by atoms with Gasteiger partial charge in [0.2, 0.25) is 0 Å². The molecule has 8 nitrogen and oxygen atoms in total. The van der Waals surface area contributed by atoms with Crippen molar-refractivity contribution in [3.63, 3.8) is 0 Å². The quantitative estimate of drug-likeness (QED) is 0.293. The maximum atomic E-state index is 12.0. The second-order valence-corrected chi connectivity index (χ2v) is 6.22. The van der Waals surface area contributed by atoms with Crippen LogP contribution in [0.25, 0.3) is 6.08 Å². The van der Waals surface area contributed by atoms with Crippen LogP contribution in [-0.2, 0) is 11.4 Å². The third-order valence-electron chi connectivity index (χ3n) is 3.85. The number of hydrogen-bond acceptors (Lipinski definition) is 6. The first-order chi connectivity index (χ1) is 13.8. The fourth-order valence-corrected chi connectivity index (χ4v) is 2.47. The molecule has 150 valence electrons. The van der Waals surface area contributed by atoms with Crippen molar-refractivity contribution in [3.8, 4) is 17.6 Å². The van der Waals surface area contributed by atoms with Crippen LogP contribution in [0.5, 0.6) is 11.5 Å². The van der Waals surface area contributed by atoms with E-state index < -0.39 is 10.8 Å². The lowest BCUT2D eigenvalue weighted by molar-refractivity contribution is -0.384. The molecule has 0 spiro atoms. The van der Waals surface area contributed by atoms with E-state index in [1.807, 2.05) is 13.0 Å². The Kier molecular flexibility index (Phi) is 7.32. The van der Waals surface area contributed by atoms with Crippen molar-refractivity contribution >= 4 is 17.7 Å². The van der Waals surface area contributed by atoms with E-state index in [1.165, 1.54) is 23.1 Å². The molecule has 1 amide bonds. The van der Waals surface area contributed by atoms with Crippen LogP contribution in [0.1, 0.15) is 18.1 Å². The number of ether oxygens (including phenoxy) is 2. The van der Waals surface area contributed by atoms with E-state index in [2.05, 4.69) is 0 Å². The van der Waals surface area contributed by atoms with E-state index in [0.29, 0.717) is 29.2 Å². The van der Waals surface area contributed by atoms with Gasteiger partial charge in [-0.3, -0.25) is 14.9 Å². The van der Waals surface area contributed by atoms with Crippen molar-refractivity contribution in [1.82, 2.24) is 4.90 Å². The summed E-state index contributed by atoms with van der Waals surface area (Å²) in [7, 11) is 3.15. The molecule has 0 unspecified atom stereocenters. The normalized spacial score (nSPS) is 10.8. The zero-order chi connectivity index (χ0) is 21.4. The number of rotatable bonds is 8. The fourth-order valence-electron chi connectivity index (χ4n) is 2.47. The number of carbonyl (C=O) groups excluding carboxylic acids is 1. The first-order valence-corrected chi connectivity index (χ1v) is 8.82. The second-order valence-electron chi connectivity index (χ2n) is 6.22. The number of nitro benzene ring substituents is 1. The van der Waals surface area contributed by atoms with Crippen LogP contribution in [0.15, 0.2) is 48.0 Å². The van der Waals surface area contributed by atoms with E-state index in [0.717, 1.165) is 0 Å². The Morgan fingerprint density at radius 3 is 2.59 bits per heavy atom. The molecular formula is C21H21N3O5. The number of non-ortho nitro benzene ring substituents is 1. The first-order valence-electron chi connectivity index (χ1n) is 8.82. The molecule has 0 heterocycles. The number of benzene rings is 2. The predicted molar refractivity (Wildman–Crippen MR) is 107 cm³/mol. The number of amides is 1. The minimum absolute atomic E-state index is 0.00251. The SMILES string of the molecule is CCOc1cc(/C=C(/C#N)C(=O)N(C)C)ccc1OCc1cccc([N+](=O)[O-])c1. The van der Waals surface area contributed by atoms with E-state index in [9.17, 15) is 20.2 Å². The Labute approximate surface area is 168 Å². The lowest BCUT2D eigenvalue weighted by atomic mass is 10.1. The molecule has 0 aliphatic heterocycles.